The summed E-state index contributed by atoms with van der Waals surface area (Å²) < 4.78 is 11.4. The maximum Gasteiger partial charge on any atom is 0.255 e. The van der Waals surface area contributed by atoms with Gasteiger partial charge >= 0.3 is 0 Å². The van der Waals surface area contributed by atoms with E-state index in [9.17, 15) is 4.79 Å². The van der Waals surface area contributed by atoms with Gasteiger partial charge in [0.05, 0.1) is 7.11 Å². The molecule has 0 bridgehead atoms. The summed E-state index contributed by atoms with van der Waals surface area (Å²) in [6.45, 7) is 6.32. The zero-order valence-corrected chi connectivity index (χ0v) is 17.8. The van der Waals surface area contributed by atoms with E-state index in [2.05, 4.69) is 12.2 Å². The quantitative estimate of drug-likeness (QED) is 0.534. The lowest BCUT2D eigenvalue weighted by Crippen LogP contribution is -2.13. The maximum absolute atomic E-state index is 12.8. The smallest absolute Gasteiger partial charge is 0.255 e. The van der Waals surface area contributed by atoms with Gasteiger partial charge in [0.2, 0.25) is 0 Å². The first kappa shape index (κ1) is 20.7. The highest BCUT2D eigenvalue weighted by Gasteiger charge is 2.13. The number of amides is 1. The lowest BCUT2D eigenvalue weighted by atomic mass is 10.1. The number of carbonyl (C=O) groups excluding carboxylic acids is 1. The molecule has 0 atom stereocenters. The van der Waals surface area contributed by atoms with Crippen molar-refractivity contribution in [3.8, 4) is 11.5 Å². The number of anilines is 1. The number of methoxy groups -OCH3 is 1. The molecule has 150 valence electrons. The van der Waals surface area contributed by atoms with Crippen LogP contribution in [0.2, 0.25) is 5.02 Å². The molecule has 1 N–H and O–H groups in total. The number of hydrogen-bond donors (Lipinski definition) is 1. The zero-order valence-electron chi connectivity index (χ0n) is 17.0. The Morgan fingerprint density at radius 1 is 0.931 bits per heavy atom. The molecule has 3 aromatic carbocycles. The summed E-state index contributed by atoms with van der Waals surface area (Å²) in [4.78, 5) is 12.8. The van der Waals surface area contributed by atoms with E-state index in [0.717, 1.165) is 16.9 Å². The van der Waals surface area contributed by atoms with E-state index >= 15 is 0 Å². The van der Waals surface area contributed by atoms with E-state index in [-0.39, 0.29) is 5.91 Å². The van der Waals surface area contributed by atoms with Gasteiger partial charge in [-0.05, 0) is 79.9 Å². The molecule has 0 heterocycles. The molecule has 5 heteroatoms. The number of rotatable bonds is 6. The fraction of sp³-hybridized carbons (Fsp3) is 0.208. The van der Waals surface area contributed by atoms with Gasteiger partial charge in [0.25, 0.3) is 5.91 Å². The number of nitrogens with one attached hydrogen (secondary N) is 1. The van der Waals surface area contributed by atoms with Crippen LogP contribution in [0.1, 0.15) is 32.6 Å². The van der Waals surface area contributed by atoms with Gasteiger partial charge in [-0.1, -0.05) is 23.7 Å². The van der Waals surface area contributed by atoms with Crippen LogP contribution in [0, 0.1) is 20.8 Å². The molecule has 0 aromatic heterocycles. The summed E-state index contributed by atoms with van der Waals surface area (Å²) in [5.41, 5.74) is 5.32. The molecule has 0 unspecified atom stereocenters. The summed E-state index contributed by atoms with van der Waals surface area (Å²) in [6.07, 6.45) is 0. The van der Waals surface area contributed by atoms with Gasteiger partial charge in [-0.2, -0.15) is 0 Å². The SMILES string of the molecule is COc1ccc(C(=O)Nc2cc(Cl)ccc2C)cc1COc1ccc(C)c(C)c1. The fourth-order valence-electron chi connectivity index (χ4n) is 2.92. The molecule has 0 aliphatic carbocycles. The summed E-state index contributed by atoms with van der Waals surface area (Å²) >= 11 is 6.05. The Morgan fingerprint density at radius 3 is 2.41 bits per heavy atom. The summed E-state index contributed by atoms with van der Waals surface area (Å²) in [6, 6.07) is 16.7. The van der Waals surface area contributed by atoms with Crippen molar-refractivity contribution >= 4 is 23.2 Å². The number of aryl methyl sites for hydroxylation is 3. The molecular formula is C24H24ClNO3. The highest BCUT2D eigenvalue weighted by Crippen LogP contribution is 2.25. The summed E-state index contributed by atoms with van der Waals surface area (Å²) in [5.74, 6) is 1.23. The van der Waals surface area contributed by atoms with Crippen LogP contribution in [-0.2, 0) is 6.61 Å². The second-order valence-corrected chi connectivity index (χ2v) is 7.41. The third-order valence-electron chi connectivity index (χ3n) is 4.86. The predicted molar refractivity (Wildman–Crippen MR) is 117 cm³/mol. The van der Waals surface area contributed by atoms with Crippen molar-refractivity contribution in [2.75, 3.05) is 12.4 Å². The first-order chi connectivity index (χ1) is 13.9. The molecule has 0 radical (unpaired) electrons. The number of benzene rings is 3. The van der Waals surface area contributed by atoms with Gasteiger partial charge in [-0.15, -0.1) is 0 Å². The largest absolute Gasteiger partial charge is 0.496 e. The zero-order chi connectivity index (χ0) is 21.0. The molecule has 29 heavy (non-hydrogen) atoms. The Bertz CT molecular complexity index is 1050. The molecule has 4 nitrogen and oxygen atoms in total. The molecule has 0 aliphatic heterocycles. The van der Waals surface area contributed by atoms with Crippen LogP contribution >= 0.6 is 11.6 Å². The van der Waals surface area contributed by atoms with E-state index < -0.39 is 0 Å². The first-order valence-corrected chi connectivity index (χ1v) is 9.69. The first-order valence-electron chi connectivity index (χ1n) is 9.32. The van der Waals surface area contributed by atoms with Gasteiger partial charge in [-0.3, -0.25) is 4.79 Å². The molecule has 1 amide bonds. The van der Waals surface area contributed by atoms with E-state index in [1.54, 1.807) is 37.4 Å². The van der Waals surface area contributed by atoms with E-state index in [4.69, 9.17) is 21.1 Å². The van der Waals surface area contributed by atoms with Gasteiger partial charge < -0.3 is 14.8 Å². The standard InChI is InChI=1S/C24H24ClNO3/c1-15-6-9-21(11-17(15)3)29-14-19-12-18(7-10-23(19)28-4)24(27)26-22-13-20(25)8-5-16(22)2/h5-13H,14H2,1-4H3,(H,26,27). The number of ether oxygens (including phenoxy) is 2. The van der Waals surface area contributed by atoms with Crippen LogP contribution in [0.4, 0.5) is 5.69 Å². The third kappa shape index (κ3) is 5.09. The van der Waals surface area contributed by atoms with Crippen molar-refractivity contribution in [2.45, 2.75) is 27.4 Å². The van der Waals surface area contributed by atoms with E-state index in [0.29, 0.717) is 28.6 Å². The Morgan fingerprint density at radius 2 is 1.69 bits per heavy atom. The number of carbonyl (C=O) groups is 1. The van der Waals surface area contributed by atoms with Crippen LogP contribution < -0.4 is 14.8 Å². The average molecular weight is 410 g/mol. The Labute approximate surface area is 176 Å². The second-order valence-electron chi connectivity index (χ2n) is 6.97. The van der Waals surface area contributed by atoms with Crippen LogP contribution in [0.5, 0.6) is 11.5 Å². The number of hydrogen-bond acceptors (Lipinski definition) is 3. The van der Waals surface area contributed by atoms with Gasteiger partial charge in [0, 0.05) is 21.8 Å². The van der Waals surface area contributed by atoms with Crippen molar-refractivity contribution in [2.24, 2.45) is 0 Å². The third-order valence-corrected chi connectivity index (χ3v) is 5.10. The van der Waals surface area contributed by atoms with Crippen molar-refractivity contribution in [1.29, 1.82) is 0 Å². The van der Waals surface area contributed by atoms with Crippen molar-refractivity contribution in [1.82, 2.24) is 0 Å². The van der Waals surface area contributed by atoms with Crippen LogP contribution in [0.15, 0.2) is 54.6 Å². The van der Waals surface area contributed by atoms with Crippen molar-refractivity contribution < 1.29 is 14.3 Å². The second kappa shape index (κ2) is 9.01. The van der Waals surface area contributed by atoms with Crippen LogP contribution in [0.25, 0.3) is 0 Å². The predicted octanol–water partition coefficient (Wildman–Crippen LogP) is 6.11. The van der Waals surface area contributed by atoms with E-state index in [1.807, 2.05) is 38.1 Å². The highest BCUT2D eigenvalue weighted by molar-refractivity contribution is 6.31. The monoisotopic (exact) mass is 409 g/mol. The molecule has 3 rings (SSSR count). The van der Waals surface area contributed by atoms with Gasteiger partial charge in [0.1, 0.15) is 18.1 Å². The minimum atomic E-state index is -0.217. The highest BCUT2D eigenvalue weighted by atomic mass is 35.5. The Hall–Kier alpha value is -2.98. The molecule has 3 aromatic rings. The Balaban J connectivity index is 1.79. The summed E-state index contributed by atoms with van der Waals surface area (Å²) in [7, 11) is 1.60. The topological polar surface area (TPSA) is 47.6 Å². The molecule has 0 saturated heterocycles. The Kier molecular flexibility index (Phi) is 6.45. The molecule has 0 fully saturated rings. The maximum atomic E-state index is 12.8. The summed E-state index contributed by atoms with van der Waals surface area (Å²) in [5, 5.41) is 3.49. The molecule has 0 spiro atoms. The fourth-order valence-corrected chi connectivity index (χ4v) is 3.09. The van der Waals surface area contributed by atoms with Crippen molar-refractivity contribution in [3.05, 3.63) is 87.4 Å². The lowest BCUT2D eigenvalue weighted by molar-refractivity contribution is 0.102. The molecule has 0 aliphatic rings. The molecular weight excluding hydrogens is 386 g/mol. The lowest BCUT2D eigenvalue weighted by Gasteiger charge is -2.14. The minimum Gasteiger partial charge on any atom is -0.496 e. The van der Waals surface area contributed by atoms with Gasteiger partial charge in [-0.25, -0.2) is 0 Å². The average Bonchev–Trinajstić information content (AvgIpc) is 2.71. The minimum absolute atomic E-state index is 0.217. The number of halogens is 1. The van der Waals surface area contributed by atoms with Crippen LogP contribution in [0.3, 0.4) is 0 Å². The van der Waals surface area contributed by atoms with Gasteiger partial charge in [0.15, 0.2) is 0 Å². The van der Waals surface area contributed by atoms with Crippen LogP contribution in [-0.4, -0.2) is 13.0 Å². The van der Waals surface area contributed by atoms with E-state index in [1.165, 1.54) is 11.1 Å². The molecule has 0 saturated carbocycles. The normalized spacial score (nSPS) is 10.5. The van der Waals surface area contributed by atoms with Crippen molar-refractivity contribution in [3.63, 3.8) is 0 Å².